The Morgan fingerprint density at radius 1 is 1.12 bits per heavy atom. The number of nitrogens with one attached hydrogen (secondary N) is 1. The molecule has 2 aromatic heterocycles. The molecular weight excluding hydrogens is 448 g/mol. The summed E-state index contributed by atoms with van der Waals surface area (Å²) in [5, 5.41) is 8.25. The number of carbonyl (C=O) groups excluding carboxylic acids is 1. The highest BCUT2D eigenvalue weighted by molar-refractivity contribution is 7.16. The van der Waals surface area contributed by atoms with Gasteiger partial charge in [-0.3, -0.25) is 9.59 Å². The van der Waals surface area contributed by atoms with Crippen LogP contribution in [0.3, 0.4) is 0 Å². The molecule has 4 rings (SSSR count). The molecule has 1 amide bonds. The molecule has 8 heteroatoms. The molecule has 0 aliphatic rings. The van der Waals surface area contributed by atoms with E-state index >= 15 is 0 Å². The molecule has 0 fully saturated rings. The van der Waals surface area contributed by atoms with Gasteiger partial charge in [0.1, 0.15) is 17.4 Å². The van der Waals surface area contributed by atoms with E-state index in [1.165, 1.54) is 21.9 Å². The SMILES string of the molecule is CC[C@@H](C(=O)Nc1cccc(OCc2cc(=O)n3nc(CC(C)C)sc3n2)c1)c1ccccc1. The van der Waals surface area contributed by atoms with Gasteiger partial charge in [-0.05, 0) is 30.0 Å². The second-order valence-electron chi connectivity index (χ2n) is 8.55. The van der Waals surface area contributed by atoms with Crippen LogP contribution in [0.5, 0.6) is 5.75 Å². The number of amides is 1. The maximum absolute atomic E-state index is 12.9. The quantitative estimate of drug-likeness (QED) is 0.365. The van der Waals surface area contributed by atoms with Crippen molar-refractivity contribution in [1.29, 1.82) is 0 Å². The molecule has 0 aliphatic heterocycles. The standard InChI is InChI=1S/C26H28N4O3S/c1-4-22(18-9-6-5-7-10-18)25(32)27-19-11-8-12-21(14-19)33-16-20-15-24(31)30-26(28-20)34-23(29-30)13-17(2)3/h5-12,14-15,17,22H,4,13,16H2,1-3H3,(H,27,32)/t22-/m1/s1. The van der Waals surface area contributed by atoms with Gasteiger partial charge in [-0.15, -0.1) is 0 Å². The van der Waals surface area contributed by atoms with Gasteiger partial charge in [0.2, 0.25) is 10.9 Å². The molecule has 0 saturated heterocycles. The molecule has 2 aromatic carbocycles. The number of fused-ring (bicyclic) bond motifs is 1. The van der Waals surface area contributed by atoms with Crippen LogP contribution in [0.4, 0.5) is 5.69 Å². The zero-order valence-electron chi connectivity index (χ0n) is 19.5. The molecule has 0 radical (unpaired) electrons. The molecule has 0 bridgehead atoms. The van der Waals surface area contributed by atoms with Crippen LogP contribution in [-0.2, 0) is 17.8 Å². The monoisotopic (exact) mass is 476 g/mol. The number of hydrogen-bond acceptors (Lipinski definition) is 6. The molecule has 176 valence electrons. The molecular formula is C26H28N4O3S. The largest absolute Gasteiger partial charge is 0.487 e. The first-order chi connectivity index (χ1) is 16.4. The summed E-state index contributed by atoms with van der Waals surface area (Å²) in [6, 6.07) is 18.4. The Hall–Kier alpha value is -3.52. The van der Waals surface area contributed by atoms with Gasteiger partial charge in [0.15, 0.2) is 0 Å². The molecule has 0 spiro atoms. The molecule has 34 heavy (non-hydrogen) atoms. The van der Waals surface area contributed by atoms with Crippen molar-refractivity contribution in [1.82, 2.24) is 14.6 Å². The highest BCUT2D eigenvalue weighted by Crippen LogP contribution is 2.24. The zero-order chi connectivity index (χ0) is 24.1. The molecule has 7 nitrogen and oxygen atoms in total. The van der Waals surface area contributed by atoms with Crippen LogP contribution in [0.2, 0.25) is 0 Å². The summed E-state index contributed by atoms with van der Waals surface area (Å²) in [6.45, 7) is 6.37. The number of nitrogens with zero attached hydrogens (tertiary/aromatic N) is 3. The van der Waals surface area contributed by atoms with Gasteiger partial charge in [-0.1, -0.05) is 68.5 Å². The number of benzene rings is 2. The fourth-order valence-electron chi connectivity index (χ4n) is 3.71. The van der Waals surface area contributed by atoms with E-state index in [0.717, 1.165) is 17.0 Å². The average Bonchev–Trinajstić information content (AvgIpc) is 3.21. The summed E-state index contributed by atoms with van der Waals surface area (Å²) >= 11 is 1.43. The summed E-state index contributed by atoms with van der Waals surface area (Å²) in [7, 11) is 0. The number of hydrogen-bond donors (Lipinski definition) is 1. The molecule has 0 saturated carbocycles. The normalized spacial score (nSPS) is 12.1. The number of rotatable bonds is 9. The van der Waals surface area contributed by atoms with E-state index in [2.05, 4.69) is 29.2 Å². The fourth-order valence-corrected chi connectivity index (χ4v) is 4.84. The first kappa shape index (κ1) is 23.6. The second kappa shape index (κ2) is 10.6. The van der Waals surface area contributed by atoms with Crippen molar-refractivity contribution in [3.05, 3.63) is 87.3 Å². The van der Waals surface area contributed by atoms with Gasteiger partial charge in [0, 0.05) is 24.2 Å². The Labute approximate surface area is 202 Å². The lowest BCUT2D eigenvalue weighted by atomic mass is 9.95. The minimum absolute atomic E-state index is 0.0617. The lowest BCUT2D eigenvalue weighted by molar-refractivity contribution is -0.117. The van der Waals surface area contributed by atoms with Gasteiger partial charge in [0.25, 0.3) is 5.56 Å². The molecule has 0 unspecified atom stereocenters. The van der Waals surface area contributed by atoms with E-state index in [-0.39, 0.29) is 24.0 Å². The predicted molar refractivity (Wildman–Crippen MR) is 135 cm³/mol. The van der Waals surface area contributed by atoms with Crippen molar-refractivity contribution in [3.63, 3.8) is 0 Å². The van der Waals surface area contributed by atoms with E-state index < -0.39 is 0 Å². The summed E-state index contributed by atoms with van der Waals surface area (Å²) in [4.78, 5) is 30.4. The van der Waals surface area contributed by atoms with Crippen LogP contribution in [0.25, 0.3) is 4.96 Å². The van der Waals surface area contributed by atoms with Gasteiger partial charge in [-0.25, -0.2) is 4.98 Å². The fraction of sp³-hybridized carbons (Fsp3) is 0.308. The first-order valence-corrected chi connectivity index (χ1v) is 12.2. The molecule has 1 N–H and O–H groups in total. The number of carbonyl (C=O) groups is 1. The Kier molecular flexibility index (Phi) is 7.37. The summed E-state index contributed by atoms with van der Waals surface area (Å²) in [5.41, 5.74) is 1.96. The van der Waals surface area contributed by atoms with Crippen molar-refractivity contribution < 1.29 is 9.53 Å². The van der Waals surface area contributed by atoms with Crippen LogP contribution in [0.15, 0.2) is 65.5 Å². The van der Waals surface area contributed by atoms with E-state index in [1.54, 1.807) is 6.07 Å². The van der Waals surface area contributed by atoms with Gasteiger partial charge < -0.3 is 10.1 Å². The van der Waals surface area contributed by atoms with Gasteiger partial charge in [-0.2, -0.15) is 9.61 Å². The average molecular weight is 477 g/mol. The molecule has 1 atom stereocenters. The van der Waals surface area contributed by atoms with E-state index in [4.69, 9.17) is 4.74 Å². The zero-order valence-corrected chi connectivity index (χ0v) is 20.3. The van der Waals surface area contributed by atoms with Crippen molar-refractivity contribution in [2.75, 3.05) is 5.32 Å². The van der Waals surface area contributed by atoms with Crippen molar-refractivity contribution in [3.8, 4) is 5.75 Å². The Bertz CT molecular complexity index is 1330. The molecule has 2 heterocycles. The number of anilines is 1. The minimum atomic E-state index is -0.227. The third kappa shape index (κ3) is 5.69. The third-order valence-electron chi connectivity index (χ3n) is 5.34. The smallest absolute Gasteiger partial charge is 0.275 e. The highest BCUT2D eigenvalue weighted by atomic mass is 32.1. The molecule has 0 aliphatic carbocycles. The minimum Gasteiger partial charge on any atom is -0.487 e. The highest BCUT2D eigenvalue weighted by Gasteiger charge is 2.18. The van der Waals surface area contributed by atoms with E-state index in [0.29, 0.717) is 34.4 Å². The maximum Gasteiger partial charge on any atom is 0.275 e. The second-order valence-corrected chi connectivity index (χ2v) is 9.59. The van der Waals surface area contributed by atoms with Crippen molar-refractivity contribution in [2.24, 2.45) is 5.92 Å². The summed E-state index contributed by atoms with van der Waals surface area (Å²) in [5.74, 6) is 0.743. The lowest BCUT2D eigenvalue weighted by Crippen LogP contribution is -2.20. The lowest BCUT2D eigenvalue weighted by Gasteiger charge is -2.16. The van der Waals surface area contributed by atoms with Crippen LogP contribution in [0.1, 0.15) is 49.4 Å². The molecule has 4 aromatic rings. The number of aromatic nitrogens is 3. The predicted octanol–water partition coefficient (Wildman–Crippen LogP) is 5.06. The van der Waals surface area contributed by atoms with Crippen molar-refractivity contribution >= 4 is 27.9 Å². The Morgan fingerprint density at radius 2 is 1.91 bits per heavy atom. The first-order valence-electron chi connectivity index (χ1n) is 11.4. The topological polar surface area (TPSA) is 85.6 Å². The van der Waals surface area contributed by atoms with Crippen LogP contribution in [-0.4, -0.2) is 20.5 Å². The van der Waals surface area contributed by atoms with Gasteiger partial charge >= 0.3 is 0 Å². The van der Waals surface area contributed by atoms with Crippen LogP contribution >= 0.6 is 11.3 Å². The van der Waals surface area contributed by atoms with E-state index in [1.807, 2.05) is 55.5 Å². The summed E-state index contributed by atoms with van der Waals surface area (Å²) in [6.07, 6.45) is 1.51. The van der Waals surface area contributed by atoms with Gasteiger partial charge in [0.05, 0.1) is 11.6 Å². The van der Waals surface area contributed by atoms with Crippen LogP contribution < -0.4 is 15.6 Å². The van der Waals surface area contributed by atoms with E-state index in [9.17, 15) is 9.59 Å². The maximum atomic E-state index is 12.9. The third-order valence-corrected chi connectivity index (χ3v) is 6.27. The summed E-state index contributed by atoms with van der Waals surface area (Å²) < 4.78 is 7.23. The Balaban J connectivity index is 1.44. The Morgan fingerprint density at radius 3 is 2.65 bits per heavy atom. The van der Waals surface area contributed by atoms with Crippen molar-refractivity contribution in [2.45, 2.75) is 46.1 Å². The van der Waals surface area contributed by atoms with Crippen LogP contribution in [0, 0.1) is 5.92 Å². The number of ether oxygens (including phenoxy) is 1.